The van der Waals surface area contributed by atoms with Crippen LogP contribution in [0, 0.1) is 5.82 Å². The lowest BCUT2D eigenvalue weighted by Gasteiger charge is -2.34. The molecule has 138 valence electrons. The first kappa shape index (κ1) is 17.4. The van der Waals surface area contributed by atoms with E-state index in [9.17, 15) is 14.0 Å². The summed E-state index contributed by atoms with van der Waals surface area (Å²) in [6.07, 6.45) is 0. The fourth-order valence-electron chi connectivity index (χ4n) is 3.53. The van der Waals surface area contributed by atoms with Crippen molar-refractivity contribution in [3.05, 3.63) is 71.7 Å². The van der Waals surface area contributed by atoms with E-state index in [-0.39, 0.29) is 11.8 Å². The highest BCUT2D eigenvalue weighted by Crippen LogP contribution is 2.35. The van der Waals surface area contributed by atoms with Crippen molar-refractivity contribution in [1.29, 1.82) is 0 Å². The Hall–Kier alpha value is -2.99. The topological polar surface area (TPSA) is 43.9 Å². The number of likely N-dealkylation sites (N-methyl/N-ethyl adjacent to an activating group) is 1. The van der Waals surface area contributed by atoms with Gasteiger partial charge in [0, 0.05) is 26.2 Å². The van der Waals surface area contributed by atoms with Gasteiger partial charge in [0.05, 0.1) is 11.3 Å². The van der Waals surface area contributed by atoms with Crippen LogP contribution in [0.15, 0.2) is 60.3 Å². The Labute approximate surface area is 157 Å². The minimum Gasteiger partial charge on any atom is -0.364 e. The number of imide groups is 1. The molecule has 0 aromatic heterocycles. The van der Waals surface area contributed by atoms with Crippen LogP contribution in [0.25, 0.3) is 5.57 Å². The zero-order valence-corrected chi connectivity index (χ0v) is 15.1. The van der Waals surface area contributed by atoms with E-state index in [1.807, 2.05) is 42.3 Å². The highest BCUT2D eigenvalue weighted by Gasteiger charge is 2.42. The number of hydrogen-bond donors (Lipinski definition) is 0. The number of carbonyl (C=O) groups excluding carboxylic acids is 2. The number of anilines is 1. The molecule has 0 radical (unpaired) electrons. The van der Waals surface area contributed by atoms with Crippen molar-refractivity contribution in [3.63, 3.8) is 0 Å². The molecule has 0 unspecified atom stereocenters. The van der Waals surface area contributed by atoms with Gasteiger partial charge >= 0.3 is 0 Å². The van der Waals surface area contributed by atoms with Gasteiger partial charge in [0.1, 0.15) is 11.5 Å². The van der Waals surface area contributed by atoms with E-state index in [1.165, 1.54) is 24.3 Å². The molecule has 2 aliphatic heterocycles. The summed E-state index contributed by atoms with van der Waals surface area (Å²) in [4.78, 5) is 31.8. The fourth-order valence-corrected chi connectivity index (χ4v) is 3.53. The Morgan fingerprint density at radius 1 is 0.815 bits per heavy atom. The van der Waals surface area contributed by atoms with Crippen LogP contribution in [0.4, 0.5) is 10.1 Å². The Morgan fingerprint density at radius 2 is 1.44 bits per heavy atom. The van der Waals surface area contributed by atoms with E-state index >= 15 is 0 Å². The summed E-state index contributed by atoms with van der Waals surface area (Å²) in [7, 11) is 2.04. The van der Waals surface area contributed by atoms with Gasteiger partial charge in [-0.15, -0.1) is 0 Å². The quantitative estimate of drug-likeness (QED) is 0.784. The average molecular weight is 365 g/mol. The normalized spacial score (nSPS) is 18.6. The first-order valence-corrected chi connectivity index (χ1v) is 8.94. The molecule has 0 N–H and O–H groups in total. The third kappa shape index (κ3) is 3.13. The molecule has 27 heavy (non-hydrogen) atoms. The van der Waals surface area contributed by atoms with Gasteiger partial charge in [0.25, 0.3) is 11.8 Å². The van der Waals surface area contributed by atoms with Crippen LogP contribution in [0.1, 0.15) is 5.56 Å². The van der Waals surface area contributed by atoms with Gasteiger partial charge in [0.2, 0.25) is 0 Å². The van der Waals surface area contributed by atoms with Gasteiger partial charge in [0.15, 0.2) is 0 Å². The van der Waals surface area contributed by atoms with Crippen LogP contribution in [0.2, 0.25) is 0 Å². The van der Waals surface area contributed by atoms with Gasteiger partial charge < -0.3 is 9.80 Å². The minimum atomic E-state index is -0.409. The molecule has 0 spiro atoms. The molecule has 0 saturated carbocycles. The van der Waals surface area contributed by atoms with Crippen LogP contribution in [0.5, 0.6) is 0 Å². The van der Waals surface area contributed by atoms with Crippen molar-refractivity contribution >= 4 is 23.1 Å². The van der Waals surface area contributed by atoms with Crippen LogP contribution in [-0.4, -0.2) is 54.8 Å². The number of hydrogen-bond acceptors (Lipinski definition) is 4. The number of nitrogens with zero attached hydrogens (tertiary/aromatic N) is 3. The first-order chi connectivity index (χ1) is 13.1. The standard InChI is InChI=1S/C21H20FN3O2/c1-23-11-13-24(14-12-23)19-18(15-5-3-2-4-6-15)20(26)25(21(19)27)17-9-7-16(22)8-10-17/h2-10H,11-14H2,1H3. The van der Waals surface area contributed by atoms with Crippen LogP contribution >= 0.6 is 0 Å². The Bertz CT molecular complexity index is 901. The number of rotatable bonds is 3. The molecule has 2 aromatic carbocycles. The van der Waals surface area contributed by atoms with E-state index < -0.39 is 5.82 Å². The maximum atomic E-state index is 13.3. The largest absolute Gasteiger partial charge is 0.364 e. The predicted octanol–water partition coefficient (Wildman–Crippen LogP) is 2.36. The van der Waals surface area contributed by atoms with Crippen LogP contribution in [-0.2, 0) is 9.59 Å². The Morgan fingerprint density at radius 3 is 2.07 bits per heavy atom. The van der Waals surface area contributed by atoms with Gasteiger partial charge in [-0.2, -0.15) is 0 Å². The molecule has 4 rings (SSSR count). The predicted molar refractivity (Wildman–Crippen MR) is 101 cm³/mol. The molecule has 6 heteroatoms. The number of halogens is 1. The summed E-state index contributed by atoms with van der Waals surface area (Å²) >= 11 is 0. The van der Waals surface area contributed by atoms with E-state index in [0.29, 0.717) is 30.0 Å². The molecule has 2 heterocycles. The molecule has 2 aromatic rings. The molecule has 5 nitrogen and oxygen atoms in total. The Balaban J connectivity index is 1.79. The lowest BCUT2D eigenvalue weighted by molar-refractivity contribution is -0.120. The molecule has 1 saturated heterocycles. The second-order valence-corrected chi connectivity index (χ2v) is 6.80. The van der Waals surface area contributed by atoms with Gasteiger partial charge in [-0.1, -0.05) is 30.3 Å². The number of carbonyl (C=O) groups is 2. The van der Waals surface area contributed by atoms with Crippen LogP contribution < -0.4 is 4.90 Å². The minimum absolute atomic E-state index is 0.352. The summed E-state index contributed by atoms with van der Waals surface area (Å²) in [5.41, 5.74) is 1.94. The van der Waals surface area contributed by atoms with Gasteiger partial charge in [-0.25, -0.2) is 9.29 Å². The van der Waals surface area contributed by atoms with E-state index in [4.69, 9.17) is 0 Å². The van der Waals surface area contributed by atoms with E-state index in [0.717, 1.165) is 23.6 Å². The van der Waals surface area contributed by atoms with Crippen molar-refractivity contribution < 1.29 is 14.0 Å². The summed E-state index contributed by atoms with van der Waals surface area (Å²) in [6.45, 7) is 3.00. The highest BCUT2D eigenvalue weighted by atomic mass is 19.1. The van der Waals surface area contributed by atoms with E-state index in [1.54, 1.807) is 0 Å². The zero-order valence-electron chi connectivity index (χ0n) is 15.1. The summed E-state index contributed by atoms with van der Waals surface area (Å²) in [5, 5.41) is 0. The zero-order chi connectivity index (χ0) is 19.0. The average Bonchev–Trinajstić information content (AvgIpc) is 2.94. The third-order valence-corrected chi connectivity index (χ3v) is 5.03. The first-order valence-electron chi connectivity index (χ1n) is 8.94. The van der Waals surface area contributed by atoms with Crippen molar-refractivity contribution in [2.24, 2.45) is 0 Å². The Kier molecular flexibility index (Phi) is 4.49. The van der Waals surface area contributed by atoms with Gasteiger partial charge in [-0.3, -0.25) is 9.59 Å². The second kappa shape index (κ2) is 6.96. The molecule has 0 atom stereocenters. The van der Waals surface area contributed by atoms with Crippen molar-refractivity contribution in [1.82, 2.24) is 9.80 Å². The molecule has 0 aliphatic carbocycles. The molecule has 0 bridgehead atoms. The van der Waals surface area contributed by atoms with E-state index in [2.05, 4.69) is 4.90 Å². The molecule has 2 amide bonds. The second-order valence-electron chi connectivity index (χ2n) is 6.80. The highest BCUT2D eigenvalue weighted by molar-refractivity contribution is 6.45. The van der Waals surface area contributed by atoms with Crippen molar-refractivity contribution in [2.75, 3.05) is 38.1 Å². The third-order valence-electron chi connectivity index (χ3n) is 5.03. The summed E-state index contributed by atoms with van der Waals surface area (Å²) in [5.74, 6) is -1.13. The number of amides is 2. The lowest BCUT2D eigenvalue weighted by atomic mass is 10.0. The SMILES string of the molecule is CN1CCN(C2=C(c3ccccc3)C(=O)N(c3ccc(F)cc3)C2=O)CC1. The number of piperazine rings is 1. The maximum absolute atomic E-state index is 13.3. The van der Waals surface area contributed by atoms with Gasteiger partial charge in [-0.05, 0) is 36.9 Å². The van der Waals surface area contributed by atoms with Crippen molar-refractivity contribution in [2.45, 2.75) is 0 Å². The molecule has 2 aliphatic rings. The number of benzene rings is 2. The smallest absolute Gasteiger partial charge is 0.282 e. The summed E-state index contributed by atoms with van der Waals surface area (Å²) < 4.78 is 13.3. The van der Waals surface area contributed by atoms with Crippen molar-refractivity contribution in [3.8, 4) is 0 Å². The fraction of sp³-hybridized carbons (Fsp3) is 0.238. The maximum Gasteiger partial charge on any atom is 0.282 e. The molecule has 1 fully saturated rings. The lowest BCUT2D eigenvalue weighted by Crippen LogP contribution is -2.46. The molecular weight excluding hydrogens is 345 g/mol. The monoisotopic (exact) mass is 365 g/mol. The van der Waals surface area contributed by atoms with Crippen LogP contribution in [0.3, 0.4) is 0 Å². The summed E-state index contributed by atoms with van der Waals surface area (Å²) in [6, 6.07) is 14.7. The molecular formula is C21H20FN3O2.